The Hall–Kier alpha value is -1.06. The number of carbonyl (C=O) groups is 2. The lowest BCUT2D eigenvalue weighted by Gasteiger charge is -2.60. The highest BCUT2D eigenvalue weighted by Crippen LogP contribution is 2.67. The van der Waals surface area contributed by atoms with Gasteiger partial charge in [0.15, 0.2) is 0 Å². The first-order chi connectivity index (χ1) is 13.8. The van der Waals surface area contributed by atoms with E-state index in [9.17, 15) is 9.59 Å². The van der Waals surface area contributed by atoms with Gasteiger partial charge in [0, 0.05) is 6.42 Å². The number of hydrogen-bond donors (Lipinski definition) is 2. The predicted octanol–water partition coefficient (Wildman–Crippen LogP) is 6.04. The quantitative estimate of drug-likeness (QED) is 0.551. The lowest BCUT2D eigenvalue weighted by atomic mass is 9.45. The van der Waals surface area contributed by atoms with Crippen molar-refractivity contribution < 1.29 is 14.7 Å². The van der Waals surface area contributed by atoms with Gasteiger partial charge in [-0.2, -0.15) is 0 Å². The molecule has 0 radical (unpaired) electrons. The minimum absolute atomic E-state index is 0. The Morgan fingerprint density at radius 2 is 1.70 bits per heavy atom. The zero-order valence-corrected chi connectivity index (χ0v) is 18.5. The average Bonchev–Trinajstić information content (AvgIpc) is 3.02. The molecule has 0 aromatic rings. The van der Waals surface area contributed by atoms with Crippen LogP contribution in [0.15, 0.2) is 0 Å². The van der Waals surface area contributed by atoms with Crippen molar-refractivity contribution in [3.63, 3.8) is 0 Å². The number of carboxylic acid groups (broad SMARTS) is 1. The van der Waals surface area contributed by atoms with Gasteiger partial charge in [0.05, 0.1) is 0 Å². The second-order valence-corrected chi connectivity index (χ2v) is 11.3. The van der Waals surface area contributed by atoms with Gasteiger partial charge in [-0.15, -0.1) is 0 Å². The number of rotatable bonds is 6. The Bertz CT molecular complexity index is 634. The molecule has 172 valence electrons. The molecule has 0 bridgehead atoms. The molecule has 0 aromatic heterocycles. The lowest BCUT2D eigenvalue weighted by Crippen LogP contribution is -2.52. The van der Waals surface area contributed by atoms with Crippen LogP contribution < -0.4 is 5.32 Å². The fourth-order valence-electron chi connectivity index (χ4n) is 8.65. The number of carboxylic acids is 1. The SMILES string of the molecule is C.CC12CCCCC1CCC1C2CCC2(C)C(CCCC(=O)NCC(=O)O)CCC12. The summed E-state index contributed by atoms with van der Waals surface area (Å²) in [5.41, 5.74) is 1.08. The molecule has 0 spiro atoms. The van der Waals surface area contributed by atoms with Gasteiger partial charge in [-0.05, 0) is 105 Å². The Balaban J connectivity index is 0.00000256. The van der Waals surface area contributed by atoms with Crippen molar-refractivity contribution in [2.24, 2.45) is 40.4 Å². The Morgan fingerprint density at radius 1 is 0.933 bits per heavy atom. The summed E-state index contributed by atoms with van der Waals surface area (Å²) in [6.07, 6.45) is 16.8. The normalized spacial score (nSPS) is 42.3. The third-order valence-electron chi connectivity index (χ3n) is 10.2. The molecule has 4 rings (SSSR count). The summed E-state index contributed by atoms with van der Waals surface area (Å²) >= 11 is 0. The van der Waals surface area contributed by atoms with E-state index in [0.29, 0.717) is 17.3 Å². The number of fused-ring (bicyclic) bond motifs is 5. The van der Waals surface area contributed by atoms with Gasteiger partial charge in [0.1, 0.15) is 6.54 Å². The topological polar surface area (TPSA) is 66.4 Å². The van der Waals surface area contributed by atoms with Gasteiger partial charge >= 0.3 is 5.97 Å². The molecule has 0 aliphatic heterocycles. The first-order valence-corrected chi connectivity index (χ1v) is 12.3. The molecule has 7 atom stereocenters. The van der Waals surface area contributed by atoms with E-state index in [1.54, 1.807) is 0 Å². The van der Waals surface area contributed by atoms with Crippen LogP contribution in [0.5, 0.6) is 0 Å². The average molecular weight is 420 g/mol. The second-order valence-electron chi connectivity index (χ2n) is 11.3. The van der Waals surface area contributed by atoms with Crippen LogP contribution in [0, 0.1) is 40.4 Å². The molecule has 0 saturated heterocycles. The summed E-state index contributed by atoms with van der Waals surface area (Å²) in [6.45, 7) is 4.97. The molecule has 0 aromatic carbocycles. The van der Waals surface area contributed by atoms with E-state index in [0.717, 1.165) is 42.4 Å². The van der Waals surface area contributed by atoms with E-state index in [1.165, 1.54) is 64.2 Å². The molecule has 2 N–H and O–H groups in total. The molecule has 4 nitrogen and oxygen atoms in total. The van der Waals surface area contributed by atoms with E-state index in [2.05, 4.69) is 19.2 Å². The van der Waals surface area contributed by atoms with E-state index in [1.807, 2.05) is 0 Å². The molecule has 4 aliphatic rings. The zero-order valence-electron chi connectivity index (χ0n) is 18.5. The Kier molecular flexibility index (Phi) is 7.24. The van der Waals surface area contributed by atoms with Gasteiger partial charge in [-0.3, -0.25) is 9.59 Å². The smallest absolute Gasteiger partial charge is 0.322 e. The summed E-state index contributed by atoms with van der Waals surface area (Å²) in [5, 5.41) is 11.2. The van der Waals surface area contributed by atoms with Crippen LogP contribution in [0.25, 0.3) is 0 Å². The summed E-state index contributed by atoms with van der Waals surface area (Å²) in [6, 6.07) is 0. The number of aliphatic carboxylic acids is 1. The highest BCUT2D eigenvalue weighted by Gasteiger charge is 2.59. The van der Waals surface area contributed by atoms with Crippen LogP contribution in [0.1, 0.15) is 105 Å². The zero-order chi connectivity index (χ0) is 20.6. The largest absolute Gasteiger partial charge is 0.480 e. The fraction of sp³-hybridized carbons (Fsp3) is 0.923. The fourth-order valence-corrected chi connectivity index (χ4v) is 8.65. The van der Waals surface area contributed by atoms with Crippen molar-refractivity contribution in [2.45, 2.75) is 105 Å². The van der Waals surface area contributed by atoms with Crippen molar-refractivity contribution in [2.75, 3.05) is 6.54 Å². The molecule has 4 heteroatoms. The van der Waals surface area contributed by atoms with Gasteiger partial charge < -0.3 is 10.4 Å². The van der Waals surface area contributed by atoms with Crippen LogP contribution in [-0.4, -0.2) is 23.5 Å². The third-order valence-corrected chi connectivity index (χ3v) is 10.2. The number of amides is 1. The number of carbonyl (C=O) groups excluding carboxylic acids is 1. The van der Waals surface area contributed by atoms with E-state index < -0.39 is 5.97 Å². The van der Waals surface area contributed by atoms with E-state index >= 15 is 0 Å². The molecular formula is C26H45NO3. The van der Waals surface area contributed by atoms with Crippen molar-refractivity contribution in [1.82, 2.24) is 5.32 Å². The highest BCUT2D eigenvalue weighted by molar-refractivity contribution is 5.80. The van der Waals surface area contributed by atoms with Crippen LogP contribution in [0.3, 0.4) is 0 Å². The molecule has 4 fully saturated rings. The molecule has 4 saturated carbocycles. The predicted molar refractivity (Wildman–Crippen MR) is 121 cm³/mol. The van der Waals surface area contributed by atoms with Gasteiger partial charge in [0.2, 0.25) is 5.91 Å². The van der Waals surface area contributed by atoms with Gasteiger partial charge in [-0.25, -0.2) is 0 Å². The van der Waals surface area contributed by atoms with Crippen molar-refractivity contribution in [3.8, 4) is 0 Å². The maximum atomic E-state index is 11.9. The van der Waals surface area contributed by atoms with Crippen molar-refractivity contribution in [3.05, 3.63) is 0 Å². The summed E-state index contributed by atoms with van der Waals surface area (Å²) < 4.78 is 0. The van der Waals surface area contributed by atoms with Gasteiger partial charge in [0.25, 0.3) is 0 Å². The van der Waals surface area contributed by atoms with Crippen LogP contribution >= 0.6 is 0 Å². The monoisotopic (exact) mass is 419 g/mol. The summed E-state index contributed by atoms with van der Waals surface area (Å²) in [4.78, 5) is 22.5. The van der Waals surface area contributed by atoms with E-state index in [4.69, 9.17) is 5.11 Å². The molecule has 30 heavy (non-hydrogen) atoms. The maximum absolute atomic E-state index is 11.9. The standard InChI is InChI=1S/C25H41NO3.CH4/c1-24-14-4-3-6-17(24)9-11-19-20-12-10-18(25(20,2)15-13-21(19)24)7-5-8-22(27)26-16-23(28)29;/h17-21H,3-16H2,1-2H3,(H,26,27)(H,28,29);1H4. The Labute approximate surface area is 184 Å². The van der Waals surface area contributed by atoms with E-state index in [-0.39, 0.29) is 19.9 Å². The molecule has 7 unspecified atom stereocenters. The first kappa shape index (κ1) is 23.6. The van der Waals surface area contributed by atoms with Crippen molar-refractivity contribution >= 4 is 11.9 Å². The third kappa shape index (κ3) is 4.17. The lowest BCUT2D eigenvalue weighted by molar-refractivity contribution is -0.138. The molecular weight excluding hydrogens is 374 g/mol. The maximum Gasteiger partial charge on any atom is 0.322 e. The molecule has 4 aliphatic carbocycles. The summed E-state index contributed by atoms with van der Waals surface area (Å²) in [5.74, 6) is 3.45. The van der Waals surface area contributed by atoms with Gasteiger partial charge in [-0.1, -0.05) is 34.1 Å². The first-order valence-electron chi connectivity index (χ1n) is 12.3. The minimum Gasteiger partial charge on any atom is -0.480 e. The number of hydrogen-bond acceptors (Lipinski definition) is 2. The number of nitrogens with one attached hydrogen (secondary N) is 1. The molecule has 1 amide bonds. The van der Waals surface area contributed by atoms with Crippen LogP contribution in [0.4, 0.5) is 0 Å². The van der Waals surface area contributed by atoms with Crippen molar-refractivity contribution in [1.29, 1.82) is 0 Å². The summed E-state index contributed by atoms with van der Waals surface area (Å²) in [7, 11) is 0. The van der Waals surface area contributed by atoms with Crippen LogP contribution in [-0.2, 0) is 9.59 Å². The second kappa shape index (κ2) is 9.20. The minimum atomic E-state index is -0.970. The van der Waals surface area contributed by atoms with Crippen LogP contribution in [0.2, 0.25) is 0 Å². The molecule has 0 heterocycles. The highest BCUT2D eigenvalue weighted by atomic mass is 16.4. The Morgan fingerprint density at radius 3 is 2.47 bits per heavy atom.